The summed E-state index contributed by atoms with van der Waals surface area (Å²) < 4.78 is 3.01. The highest BCUT2D eigenvalue weighted by Gasteiger charge is 2.22. The minimum atomic E-state index is -0.817. The minimum absolute atomic E-state index is 0.0160. The monoisotopic (exact) mass is 798 g/mol. The molecule has 6 amide bonds. The number of nitrogens with two attached hydrogens (primary N) is 3. The number of carbonyl (C=O) groups is 6. The minimum Gasteiger partial charge on any atom is -0.383 e. The van der Waals surface area contributed by atoms with Gasteiger partial charge >= 0.3 is 17.1 Å². The molecular weight excluding hydrogens is 752 g/mol. The smallest absolute Gasteiger partial charge is 0.349 e. The van der Waals surface area contributed by atoms with E-state index in [1.54, 1.807) is 7.05 Å². The largest absolute Gasteiger partial charge is 0.383 e. The lowest BCUT2D eigenvalue weighted by Crippen LogP contribution is -2.49. The third-order valence-electron chi connectivity index (χ3n) is 7.98. The van der Waals surface area contributed by atoms with Crippen molar-refractivity contribution in [2.75, 3.05) is 90.2 Å². The Labute approximate surface area is 324 Å². The van der Waals surface area contributed by atoms with Crippen LogP contribution in [0.5, 0.6) is 0 Å². The molecule has 3 heterocycles. The van der Waals surface area contributed by atoms with Gasteiger partial charge in [-0.2, -0.15) is 15.0 Å². The summed E-state index contributed by atoms with van der Waals surface area (Å²) in [6, 6.07) is 3.98. The van der Waals surface area contributed by atoms with Crippen molar-refractivity contribution in [3.05, 3.63) is 68.2 Å². The second-order valence-corrected chi connectivity index (χ2v) is 12.2. The van der Waals surface area contributed by atoms with Crippen molar-refractivity contribution < 1.29 is 28.8 Å². The molecule has 0 aliphatic carbocycles. The first-order valence-corrected chi connectivity index (χ1v) is 17.3. The molecule has 0 bridgehead atoms. The van der Waals surface area contributed by atoms with Crippen LogP contribution < -0.4 is 55.5 Å². The maximum Gasteiger partial charge on any atom is 0.349 e. The quantitative estimate of drug-likeness (QED) is 0.0527. The molecule has 308 valence electrons. The number of hydrogen-bond acceptors (Lipinski definition) is 16. The molecule has 25 heteroatoms. The van der Waals surface area contributed by atoms with Gasteiger partial charge in [-0.25, -0.2) is 14.4 Å². The molecule has 0 unspecified atom stereocenters. The number of nitrogens with zero attached hydrogens (tertiary/aromatic N) is 9. The van der Waals surface area contributed by atoms with Crippen molar-refractivity contribution in [1.82, 2.24) is 64.6 Å². The van der Waals surface area contributed by atoms with Crippen molar-refractivity contribution in [2.24, 2.45) is 0 Å². The number of nitrogen functional groups attached to an aromatic ring is 3. The Morgan fingerprint density at radius 1 is 0.544 bits per heavy atom. The molecule has 3 aromatic heterocycles. The van der Waals surface area contributed by atoms with Gasteiger partial charge in [0.15, 0.2) is 0 Å². The average Bonchev–Trinajstić information content (AvgIpc) is 3.15. The van der Waals surface area contributed by atoms with Crippen LogP contribution >= 0.6 is 0 Å². The maximum atomic E-state index is 13.4. The summed E-state index contributed by atoms with van der Waals surface area (Å²) in [4.78, 5) is 128. The van der Waals surface area contributed by atoms with Gasteiger partial charge in [0.25, 0.3) is 0 Å². The number of hydrogen-bond donors (Lipinski definition) is 7. The predicted molar refractivity (Wildman–Crippen MR) is 202 cm³/mol. The van der Waals surface area contributed by atoms with Gasteiger partial charge in [-0.3, -0.25) is 42.5 Å². The third-order valence-corrected chi connectivity index (χ3v) is 7.98. The highest BCUT2D eigenvalue weighted by atomic mass is 16.2. The molecule has 0 aliphatic rings. The maximum absolute atomic E-state index is 13.4. The first kappa shape index (κ1) is 44.2. The Bertz CT molecular complexity index is 2100. The lowest BCUT2D eigenvalue weighted by atomic mass is 10.3. The van der Waals surface area contributed by atoms with E-state index >= 15 is 0 Å². The van der Waals surface area contributed by atoms with E-state index in [-0.39, 0.29) is 50.2 Å². The fraction of sp³-hybridized carbons (Fsp3) is 0.438. The van der Waals surface area contributed by atoms with Crippen LogP contribution in [0.15, 0.2) is 51.2 Å². The third kappa shape index (κ3) is 14.5. The molecule has 0 saturated heterocycles. The van der Waals surface area contributed by atoms with Crippen LogP contribution in [0.25, 0.3) is 0 Å². The normalized spacial score (nSPS) is 10.6. The van der Waals surface area contributed by atoms with Gasteiger partial charge in [-0.15, -0.1) is 0 Å². The van der Waals surface area contributed by atoms with Gasteiger partial charge in [0.05, 0.1) is 19.6 Å². The van der Waals surface area contributed by atoms with Gasteiger partial charge < -0.3 is 53.2 Å². The summed E-state index contributed by atoms with van der Waals surface area (Å²) >= 11 is 0. The second kappa shape index (κ2) is 21.6. The van der Waals surface area contributed by atoms with Gasteiger partial charge in [-0.05, 0) is 25.2 Å². The SMILES string of the molecule is CNCCN(CC(=O)NCCN(CC(=O)NCCN(CC(=O)NC)C(=O)Cn1ccc(N)nc1=O)C(=O)Cn1ccc(N)nc1=O)C(=O)Cn1ccc(N)nc1=O. The molecule has 0 fully saturated rings. The zero-order valence-corrected chi connectivity index (χ0v) is 31.4. The Kier molecular flexibility index (Phi) is 16.8. The standard InChI is InChI=1S/C32H46N16O9/c1-36-6-12-43(27(52)18-46-9-3-21(33)40-30(46)55)16-25(50)39-8-14-45(29(54)20-48-11-5-23(35)42-32(48)57)17-26(51)38-7-13-44(15-24(49)37-2)28(53)19-47-10-4-22(34)41-31(47)56/h3-5,9-11,36H,6-8,12-20H2,1-2H3,(H,37,49)(H,38,51)(H,39,50)(H2,33,40,55)(H2,34,41,56)(H2,35,42,57). The van der Waals surface area contributed by atoms with Crippen LogP contribution in [0.1, 0.15) is 0 Å². The van der Waals surface area contributed by atoms with Gasteiger partial charge in [0.2, 0.25) is 35.4 Å². The summed E-state index contributed by atoms with van der Waals surface area (Å²) in [5.41, 5.74) is 14.2. The van der Waals surface area contributed by atoms with Crippen molar-refractivity contribution in [2.45, 2.75) is 19.6 Å². The van der Waals surface area contributed by atoms with E-state index in [4.69, 9.17) is 17.2 Å². The highest BCUT2D eigenvalue weighted by Crippen LogP contribution is 1.99. The molecular formula is C32H46N16O9. The number of anilines is 3. The number of likely N-dealkylation sites (N-methyl/N-ethyl adjacent to an activating group) is 2. The van der Waals surface area contributed by atoms with Crippen LogP contribution in [0, 0.1) is 0 Å². The van der Waals surface area contributed by atoms with Crippen molar-refractivity contribution in [3.8, 4) is 0 Å². The number of amides is 6. The second-order valence-electron chi connectivity index (χ2n) is 12.2. The number of rotatable bonds is 21. The zero-order chi connectivity index (χ0) is 42.1. The highest BCUT2D eigenvalue weighted by molar-refractivity contribution is 5.86. The summed E-state index contributed by atoms with van der Waals surface area (Å²) in [5, 5.41) is 10.4. The van der Waals surface area contributed by atoms with Crippen LogP contribution in [0.2, 0.25) is 0 Å². The molecule has 0 radical (unpaired) electrons. The van der Waals surface area contributed by atoms with Crippen molar-refractivity contribution in [3.63, 3.8) is 0 Å². The Morgan fingerprint density at radius 3 is 1.16 bits per heavy atom. The molecule has 3 rings (SSSR count). The zero-order valence-electron chi connectivity index (χ0n) is 31.4. The van der Waals surface area contributed by atoms with E-state index in [2.05, 4.69) is 36.2 Å². The van der Waals surface area contributed by atoms with Crippen LogP contribution in [0.4, 0.5) is 17.5 Å². The van der Waals surface area contributed by atoms with E-state index in [0.29, 0.717) is 6.54 Å². The van der Waals surface area contributed by atoms with Gasteiger partial charge in [0, 0.05) is 64.9 Å². The number of aromatic nitrogens is 6. The Morgan fingerprint density at radius 2 is 0.860 bits per heavy atom. The van der Waals surface area contributed by atoms with E-state index < -0.39 is 91.8 Å². The van der Waals surface area contributed by atoms with E-state index in [1.807, 2.05) is 0 Å². The molecule has 0 aromatic carbocycles. The molecule has 25 nitrogen and oxygen atoms in total. The van der Waals surface area contributed by atoms with Crippen LogP contribution in [-0.2, 0) is 48.4 Å². The average molecular weight is 799 g/mol. The molecule has 0 aliphatic heterocycles. The van der Waals surface area contributed by atoms with Crippen molar-refractivity contribution in [1.29, 1.82) is 0 Å². The Hall–Kier alpha value is -7.18. The van der Waals surface area contributed by atoms with Gasteiger partial charge in [-0.1, -0.05) is 0 Å². The molecule has 57 heavy (non-hydrogen) atoms. The fourth-order valence-corrected chi connectivity index (χ4v) is 4.92. The predicted octanol–water partition coefficient (Wildman–Crippen LogP) is -6.81. The molecule has 0 atom stereocenters. The molecule has 3 aromatic rings. The molecule has 0 spiro atoms. The van der Waals surface area contributed by atoms with Crippen molar-refractivity contribution >= 4 is 52.9 Å². The van der Waals surface area contributed by atoms with Crippen LogP contribution in [-0.4, -0.2) is 152 Å². The molecule has 0 saturated carbocycles. The first-order valence-electron chi connectivity index (χ1n) is 17.3. The van der Waals surface area contributed by atoms with E-state index in [9.17, 15) is 43.2 Å². The summed E-state index contributed by atoms with van der Waals surface area (Å²) in [7, 11) is 3.02. The fourth-order valence-electron chi connectivity index (χ4n) is 4.92. The van der Waals surface area contributed by atoms with Gasteiger partial charge in [0.1, 0.15) is 37.1 Å². The topological polar surface area (TPSA) is 343 Å². The van der Waals surface area contributed by atoms with E-state index in [0.717, 1.165) is 23.5 Å². The number of nitrogens with one attached hydrogen (secondary N) is 4. The lowest BCUT2D eigenvalue weighted by Gasteiger charge is -2.25. The molecule has 10 N–H and O–H groups in total. The number of carbonyl (C=O) groups excluding carboxylic acids is 6. The summed E-state index contributed by atoms with van der Waals surface area (Å²) in [5.74, 6) is -3.86. The van der Waals surface area contributed by atoms with Crippen LogP contribution in [0.3, 0.4) is 0 Å². The summed E-state index contributed by atoms with van der Waals surface area (Å²) in [6.07, 6.45) is 3.83. The Balaban J connectivity index is 1.66. The van der Waals surface area contributed by atoms with E-state index in [1.165, 1.54) is 48.7 Å². The lowest BCUT2D eigenvalue weighted by molar-refractivity contribution is -0.138. The first-order chi connectivity index (χ1) is 27.1. The summed E-state index contributed by atoms with van der Waals surface area (Å²) in [6.45, 7) is -3.09.